The molecular formula is C26H31F2N7O6. The standard InChI is InChI=1S/C26H31F2N7O6/c1-25(2,3)41-24(39)33(4)20-8-19(30-16-6-5-7-34(23(16)38)14-9-26(27,28)10-14)32-21-15(11-29-35(20)21)22(37)31-17-12-40-13-18(17)36/h5-8,11,14,17-18,36H,9-10,12-13H2,1-4H3,(H,30,32)(H,31,37)/t17-,18+/m0/s1. The molecule has 1 aliphatic carbocycles. The lowest BCUT2D eigenvalue weighted by Crippen LogP contribution is -2.42. The van der Waals surface area contributed by atoms with Gasteiger partial charge in [0, 0.05) is 38.2 Å². The second kappa shape index (κ2) is 10.4. The predicted octanol–water partition coefficient (Wildman–Crippen LogP) is 2.47. The Balaban J connectivity index is 1.53. The van der Waals surface area contributed by atoms with Crippen LogP contribution in [0.1, 0.15) is 50.0 Å². The van der Waals surface area contributed by atoms with Crippen molar-refractivity contribution in [2.75, 3.05) is 30.5 Å². The SMILES string of the molecule is CN(C(=O)OC(C)(C)C)c1cc(Nc2cccn(C3CC(F)(F)C3)c2=O)nc2c(C(=O)N[C@H]3COC[C@H]3O)cnn12. The van der Waals surface area contributed by atoms with Crippen LogP contribution < -0.4 is 21.1 Å². The zero-order valence-electron chi connectivity index (χ0n) is 22.9. The van der Waals surface area contributed by atoms with Crippen LogP contribution in [0.3, 0.4) is 0 Å². The summed E-state index contributed by atoms with van der Waals surface area (Å²) < 4.78 is 40.1. The molecule has 13 nitrogen and oxygen atoms in total. The number of hydrogen-bond donors (Lipinski definition) is 3. The minimum atomic E-state index is -2.80. The van der Waals surface area contributed by atoms with Gasteiger partial charge >= 0.3 is 6.09 Å². The Morgan fingerprint density at radius 2 is 2.00 bits per heavy atom. The van der Waals surface area contributed by atoms with Crippen molar-refractivity contribution in [3.8, 4) is 0 Å². The van der Waals surface area contributed by atoms with E-state index < -0.39 is 60.1 Å². The topological polar surface area (TPSA) is 152 Å². The summed E-state index contributed by atoms with van der Waals surface area (Å²) in [5.74, 6) is -3.15. The number of carbonyl (C=O) groups excluding carboxylic acids is 2. The van der Waals surface area contributed by atoms with E-state index in [4.69, 9.17) is 9.47 Å². The minimum absolute atomic E-state index is 0.0359. The molecule has 2 aliphatic rings. The van der Waals surface area contributed by atoms with Crippen LogP contribution in [0, 0.1) is 0 Å². The molecular weight excluding hydrogens is 544 g/mol. The molecule has 3 aromatic heterocycles. The summed E-state index contributed by atoms with van der Waals surface area (Å²) in [6, 6.07) is 3.20. The molecule has 41 heavy (non-hydrogen) atoms. The summed E-state index contributed by atoms with van der Waals surface area (Å²) in [5, 5.41) is 19.9. The smallest absolute Gasteiger partial charge is 0.415 e. The molecule has 2 amide bonds. The summed E-state index contributed by atoms with van der Waals surface area (Å²) >= 11 is 0. The number of aliphatic hydroxyl groups is 1. The summed E-state index contributed by atoms with van der Waals surface area (Å²) in [4.78, 5) is 44.9. The molecule has 3 aromatic rings. The first-order valence-corrected chi connectivity index (χ1v) is 13.0. The third kappa shape index (κ3) is 5.86. The Kier molecular flexibility index (Phi) is 7.19. The van der Waals surface area contributed by atoms with Crippen molar-refractivity contribution in [3.05, 3.63) is 46.5 Å². The number of hydrogen-bond acceptors (Lipinski definition) is 9. The highest BCUT2D eigenvalue weighted by molar-refractivity contribution is 6.00. The van der Waals surface area contributed by atoms with Crippen molar-refractivity contribution in [1.82, 2.24) is 24.5 Å². The normalized spacial score (nSPS) is 20.5. The molecule has 220 valence electrons. The zero-order valence-corrected chi connectivity index (χ0v) is 22.9. The van der Waals surface area contributed by atoms with Gasteiger partial charge in [-0.3, -0.25) is 14.5 Å². The van der Waals surface area contributed by atoms with Crippen molar-refractivity contribution < 1.29 is 33.0 Å². The molecule has 4 heterocycles. The Bertz CT molecular complexity index is 1540. The first-order valence-electron chi connectivity index (χ1n) is 13.0. The van der Waals surface area contributed by atoms with E-state index in [-0.39, 0.29) is 41.7 Å². The van der Waals surface area contributed by atoms with Crippen molar-refractivity contribution >= 4 is 35.0 Å². The van der Waals surface area contributed by atoms with E-state index in [0.717, 1.165) is 0 Å². The second-order valence-corrected chi connectivity index (χ2v) is 11.2. The molecule has 1 saturated heterocycles. The minimum Gasteiger partial charge on any atom is -0.443 e. The van der Waals surface area contributed by atoms with E-state index in [1.165, 1.54) is 45.6 Å². The summed E-state index contributed by atoms with van der Waals surface area (Å²) in [6.45, 7) is 5.35. The molecule has 0 bridgehead atoms. The van der Waals surface area contributed by atoms with E-state index >= 15 is 0 Å². The number of rotatable bonds is 6. The number of alkyl halides is 2. The van der Waals surface area contributed by atoms with Crippen LogP contribution in [0.2, 0.25) is 0 Å². The highest BCUT2D eigenvalue weighted by atomic mass is 19.3. The maximum absolute atomic E-state index is 13.5. The number of nitrogens with one attached hydrogen (secondary N) is 2. The fourth-order valence-electron chi connectivity index (χ4n) is 4.62. The van der Waals surface area contributed by atoms with Crippen LogP contribution in [-0.2, 0) is 9.47 Å². The van der Waals surface area contributed by atoms with E-state index in [0.29, 0.717) is 0 Å². The van der Waals surface area contributed by atoms with Gasteiger partial charge in [-0.2, -0.15) is 9.61 Å². The first-order chi connectivity index (χ1) is 19.2. The Morgan fingerprint density at radius 1 is 1.27 bits per heavy atom. The average Bonchev–Trinajstić information content (AvgIpc) is 3.48. The monoisotopic (exact) mass is 575 g/mol. The number of pyridine rings is 1. The number of aliphatic hydroxyl groups excluding tert-OH is 1. The number of fused-ring (bicyclic) bond motifs is 1. The van der Waals surface area contributed by atoms with Crippen molar-refractivity contribution in [1.29, 1.82) is 0 Å². The van der Waals surface area contributed by atoms with Crippen LogP contribution >= 0.6 is 0 Å². The van der Waals surface area contributed by atoms with Gasteiger partial charge < -0.3 is 29.8 Å². The largest absolute Gasteiger partial charge is 0.443 e. The van der Waals surface area contributed by atoms with Crippen molar-refractivity contribution in [2.24, 2.45) is 0 Å². The van der Waals surface area contributed by atoms with Gasteiger partial charge in [0.15, 0.2) is 5.65 Å². The fourth-order valence-corrected chi connectivity index (χ4v) is 4.62. The van der Waals surface area contributed by atoms with E-state index in [1.54, 1.807) is 26.8 Å². The molecule has 2 atom stereocenters. The Hall–Kier alpha value is -4.11. The molecule has 2 fully saturated rings. The lowest BCUT2D eigenvalue weighted by atomic mass is 9.88. The van der Waals surface area contributed by atoms with Gasteiger partial charge in [-0.25, -0.2) is 18.6 Å². The third-order valence-electron chi connectivity index (χ3n) is 6.77. The summed E-state index contributed by atoms with van der Waals surface area (Å²) in [7, 11) is 1.45. The van der Waals surface area contributed by atoms with E-state index in [9.17, 15) is 28.3 Å². The molecule has 0 radical (unpaired) electrons. The molecule has 0 aromatic carbocycles. The Labute approximate surface area is 233 Å². The second-order valence-electron chi connectivity index (χ2n) is 11.2. The van der Waals surface area contributed by atoms with E-state index in [2.05, 4.69) is 20.7 Å². The van der Waals surface area contributed by atoms with Crippen LogP contribution in [-0.4, -0.2) is 80.2 Å². The van der Waals surface area contributed by atoms with Gasteiger partial charge in [0.05, 0.1) is 31.6 Å². The number of halogens is 2. The van der Waals surface area contributed by atoms with Gasteiger partial charge in [-0.05, 0) is 32.9 Å². The maximum Gasteiger partial charge on any atom is 0.415 e. The quantitative estimate of drug-likeness (QED) is 0.402. The third-order valence-corrected chi connectivity index (χ3v) is 6.77. The number of ether oxygens (including phenoxy) is 2. The number of nitrogens with zero attached hydrogens (tertiary/aromatic N) is 5. The van der Waals surface area contributed by atoms with Crippen LogP contribution in [0.5, 0.6) is 0 Å². The highest BCUT2D eigenvalue weighted by Gasteiger charge is 2.46. The first kappa shape index (κ1) is 28.4. The number of carbonyl (C=O) groups is 2. The van der Waals surface area contributed by atoms with Crippen LogP contribution in [0.25, 0.3) is 5.65 Å². The zero-order chi connectivity index (χ0) is 29.7. The number of aromatic nitrogens is 4. The fraction of sp³-hybridized carbons (Fsp3) is 0.500. The molecule has 0 unspecified atom stereocenters. The lowest BCUT2D eigenvalue weighted by molar-refractivity contribution is -0.104. The molecule has 1 saturated carbocycles. The summed E-state index contributed by atoms with van der Waals surface area (Å²) in [5.41, 5.74) is -1.19. The van der Waals surface area contributed by atoms with Gasteiger partial charge in [0.1, 0.15) is 28.5 Å². The average molecular weight is 576 g/mol. The highest BCUT2D eigenvalue weighted by Crippen LogP contribution is 2.44. The van der Waals surface area contributed by atoms with E-state index in [1.807, 2.05) is 0 Å². The van der Waals surface area contributed by atoms with Gasteiger partial charge in [0.25, 0.3) is 17.4 Å². The maximum atomic E-state index is 13.5. The summed E-state index contributed by atoms with van der Waals surface area (Å²) in [6.07, 6.45) is 0.266. The van der Waals surface area contributed by atoms with Crippen molar-refractivity contribution in [3.63, 3.8) is 0 Å². The molecule has 0 spiro atoms. The lowest BCUT2D eigenvalue weighted by Gasteiger charge is -2.36. The molecule has 5 rings (SSSR count). The van der Waals surface area contributed by atoms with Gasteiger partial charge in [0.2, 0.25) is 0 Å². The molecule has 3 N–H and O–H groups in total. The number of amides is 2. The van der Waals surface area contributed by atoms with Gasteiger partial charge in [-0.1, -0.05) is 0 Å². The molecule has 1 aliphatic heterocycles. The number of anilines is 3. The molecule has 15 heteroatoms. The Morgan fingerprint density at radius 3 is 2.63 bits per heavy atom. The van der Waals surface area contributed by atoms with Crippen molar-refractivity contribution in [2.45, 2.75) is 63.3 Å². The van der Waals surface area contributed by atoms with Crippen LogP contribution in [0.15, 0.2) is 35.4 Å². The van der Waals surface area contributed by atoms with Crippen LogP contribution in [0.4, 0.5) is 30.9 Å². The predicted molar refractivity (Wildman–Crippen MR) is 143 cm³/mol. The van der Waals surface area contributed by atoms with Gasteiger partial charge in [-0.15, -0.1) is 0 Å².